The predicted octanol–water partition coefficient (Wildman–Crippen LogP) is 3.81. The second-order valence-electron chi connectivity index (χ2n) is 7.19. The minimum atomic E-state index is -1.08. The number of carboxylic acids is 1. The SMILES string of the molecule is COc1cc(C=Nn2c(-c3ccccc3)nc3ccccc3c2=O)ccc1O[C@@H](C)C(=O)O. The second-order valence-corrected chi connectivity index (χ2v) is 7.19. The topological polar surface area (TPSA) is 103 Å². The van der Waals surface area contributed by atoms with Gasteiger partial charge in [-0.1, -0.05) is 42.5 Å². The number of nitrogens with zero attached hydrogens (tertiary/aromatic N) is 3. The Morgan fingerprint density at radius 3 is 2.52 bits per heavy atom. The molecule has 0 fully saturated rings. The second kappa shape index (κ2) is 9.35. The average Bonchev–Trinajstić information content (AvgIpc) is 2.84. The van der Waals surface area contributed by atoms with Crippen LogP contribution in [0.3, 0.4) is 0 Å². The predicted molar refractivity (Wildman–Crippen MR) is 125 cm³/mol. The van der Waals surface area contributed by atoms with Crippen LogP contribution >= 0.6 is 0 Å². The van der Waals surface area contributed by atoms with Crippen LogP contribution in [0.25, 0.3) is 22.3 Å². The highest BCUT2D eigenvalue weighted by molar-refractivity contribution is 5.83. The van der Waals surface area contributed by atoms with Gasteiger partial charge in [0, 0.05) is 5.56 Å². The molecule has 0 unspecified atom stereocenters. The van der Waals surface area contributed by atoms with Crippen molar-refractivity contribution in [1.29, 1.82) is 0 Å². The van der Waals surface area contributed by atoms with E-state index >= 15 is 0 Å². The molecule has 0 aliphatic rings. The third-order valence-electron chi connectivity index (χ3n) is 4.95. The molecule has 0 saturated heterocycles. The third-order valence-corrected chi connectivity index (χ3v) is 4.95. The first-order chi connectivity index (χ1) is 16.0. The first-order valence-electron chi connectivity index (χ1n) is 10.2. The van der Waals surface area contributed by atoms with Crippen LogP contribution in [0.15, 0.2) is 82.7 Å². The molecule has 3 aromatic carbocycles. The van der Waals surface area contributed by atoms with Gasteiger partial charge in [0.1, 0.15) is 0 Å². The van der Waals surface area contributed by atoms with Crippen molar-refractivity contribution in [3.8, 4) is 22.9 Å². The zero-order valence-corrected chi connectivity index (χ0v) is 18.0. The average molecular weight is 443 g/mol. The maximum Gasteiger partial charge on any atom is 0.344 e. The van der Waals surface area contributed by atoms with Crippen molar-refractivity contribution in [3.05, 3.63) is 88.7 Å². The molecule has 1 aromatic heterocycles. The fourth-order valence-electron chi connectivity index (χ4n) is 3.23. The number of para-hydroxylation sites is 1. The normalized spacial score (nSPS) is 12.1. The summed E-state index contributed by atoms with van der Waals surface area (Å²) in [7, 11) is 1.46. The summed E-state index contributed by atoms with van der Waals surface area (Å²) in [6, 6.07) is 21.4. The van der Waals surface area contributed by atoms with E-state index in [2.05, 4.69) is 10.1 Å². The summed E-state index contributed by atoms with van der Waals surface area (Å²) < 4.78 is 12.0. The summed E-state index contributed by atoms with van der Waals surface area (Å²) in [4.78, 5) is 29.0. The Balaban J connectivity index is 1.77. The van der Waals surface area contributed by atoms with Gasteiger partial charge in [-0.3, -0.25) is 4.79 Å². The van der Waals surface area contributed by atoms with Gasteiger partial charge in [-0.25, -0.2) is 9.78 Å². The summed E-state index contributed by atoms with van der Waals surface area (Å²) in [6.45, 7) is 1.43. The fraction of sp³-hybridized carbons (Fsp3) is 0.120. The molecule has 0 aliphatic heterocycles. The number of ether oxygens (including phenoxy) is 2. The van der Waals surface area contributed by atoms with Crippen molar-refractivity contribution in [2.75, 3.05) is 7.11 Å². The van der Waals surface area contributed by atoms with E-state index < -0.39 is 12.1 Å². The zero-order chi connectivity index (χ0) is 23.4. The monoisotopic (exact) mass is 443 g/mol. The van der Waals surface area contributed by atoms with Crippen molar-refractivity contribution in [2.24, 2.45) is 5.10 Å². The van der Waals surface area contributed by atoms with Crippen molar-refractivity contribution in [1.82, 2.24) is 9.66 Å². The smallest absolute Gasteiger partial charge is 0.344 e. The lowest BCUT2D eigenvalue weighted by atomic mass is 10.2. The number of carbonyl (C=O) groups is 1. The Kier molecular flexibility index (Phi) is 6.17. The summed E-state index contributed by atoms with van der Waals surface area (Å²) in [5, 5.41) is 13.9. The van der Waals surface area contributed by atoms with Crippen LogP contribution in [-0.4, -0.2) is 40.2 Å². The third kappa shape index (κ3) is 4.59. The van der Waals surface area contributed by atoms with Crippen LogP contribution in [0.5, 0.6) is 11.5 Å². The summed E-state index contributed by atoms with van der Waals surface area (Å²) in [6.07, 6.45) is 0.478. The number of benzene rings is 3. The van der Waals surface area contributed by atoms with Crippen molar-refractivity contribution >= 4 is 23.1 Å². The molecule has 1 heterocycles. The number of aliphatic carboxylic acids is 1. The van der Waals surface area contributed by atoms with E-state index in [1.54, 1.807) is 36.4 Å². The molecule has 0 aliphatic carbocycles. The van der Waals surface area contributed by atoms with Gasteiger partial charge >= 0.3 is 5.97 Å². The van der Waals surface area contributed by atoms with Crippen LogP contribution in [-0.2, 0) is 4.79 Å². The highest BCUT2D eigenvalue weighted by Gasteiger charge is 2.16. The van der Waals surface area contributed by atoms with E-state index in [0.717, 1.165) is 5.56 Å². The van der Waals surface area contributed by atoms with Gasteiger partial charge in [0.15, 0.2) is 23.4 Å². The maximum atomic E-state index is 13.2. The van der Waals surface area contributed by atoms with Crippen molar-refractivity contribution < 1.29 is 19.4 Å². The highest BCUT2D eigenvalue weighted by atomic mass is 16.5. The lowest BCUT2D eigenvalue weighted by molar-refractivity contribution is -0.144. The molecule has 0 spiro atoms. The Labute approximate surface area is 189 Å². The van der Waals surface area contributed by atoms with Crippen LogP contribution in [0, 0.1) is 0 Å². The summed E-state index contributed by atoms with van der Waals surface area (Å²) in [5.41, 5.74) is 1.67. The number of hydrogen-bond acceptors (Lipinski definition) is 6. The van der Waals surface area contributed by atoms with Crippen LogP contribution < -0.4 is 15.0 Å². The van der Waals surface area contributed by atoms with Gasteiger partial charge in [-0.05, 0) is 42.8 Å². The number of hydrogen-bond donors (Lipinski definition) is 1. The number of aromatic nitrogens is 2. The lowest BCUT2D eigenvalue weighted by Crippen LogP contribution is -2.23. The molecular weight excluding hydrogens is 422 g/mol. The van der Waals surface area contributed by atoms with E-state index in [1.807, 2.05) is 36.4 Å². The van der Waals surface area contributed by atoms with E-state index in [1.165, 1.54) is 24.9 Å². The molecule has 4 aromatic rings. The van der Waals surface area contributed by atoms with E-state index in [9.17, 15) is 9.59 Å². The number of carboxylic acid groups (broad SMARTS) is 1. The molecule has 4 rings (SSSR count). The molecule has 0 radical (unpaired) electrons. The molecular formula is C25H21N3O5. The van der Waals surface area contributed by atoms with Gasteiger partial charge in [0.2, 0.25) is 0 Å². The Bertz CT molecular complexity index is 1400. The quantitative estimate of drug-likeness (QED) is 0.436. The number of fused-ring (bicyclic) bond motifs is 1. The molecule has 1 atom stereocenters. The zero-order valence-electron chi connectivity index (χ0n) is 18.0. The van der Waals surface area contributed by atoms with E-state index in [0.29, 0.717) is 33.8 Å². The molecule has 8 nitrogen and oxygen atoms in total. The van der Waals surface area contributed by atoms with Crippen LogP contribution in [0.4, 0.5) is 0 Å². The Hall–Kier alpha value is -4.46. The minimum absolute atomic E-state index is 0.291. The van der Waals surface area contributed by atoms with Gasteiger partial charge < -0.3 is 14.6 Å². The first kappa shape index (κ1) is 21.8. The molecule has 166 valence electrons. The van der Waals surface area contributed by atoms with E-state index in [-0.39, 0.29) is 5.56 Å². The molecule has 1 N–H and O–H groups in total. The first-order valence-corrected chi connectivity index (χ1v) is 10.2. The molecule has 0 bridgehead atoms. The standard InChI is InChI=1S/C25H21N3O5/c1-16(25(30)31)33-21-13-12-17(14-22(21)32-2)15-26-28-23(18-8-4-3-5-9-18)27-20-11-7-6-10-19(20)24(28)29/h3-16H,1-2H3,(H,30,31)/t16-/m0/s1. The van der Waals surface area contributed by atoms with Crippen molar-refractivity contribution in [3.63, 3.8) is 0 Å². The van der Waals surface area contributed by atoms with Crippen molar-refractivity contribution in [2.45, 2.75) is 13.0 Å². The van der Waals surface area contributed by atoms with E-state index in [4.69, 9.17) is 14.6 Å². The molecule has 0 saturated carbocycles. The van der Waals surface area contributed by atoms with Gasteiger partial charge in [-0.15, -0.1) is 0 Å². The Morgan fingerprint density at radius 2 is 1.79 bits per heavy atom. The molecule has 8 heteroatoms. The van der Waals surface area contributed by atoms with Gasteiger partial charge in [0.05, 0.1) is 24.2 Å². The lowest BCUT2D eigenvalue weighted by Gasteiger charge is -2.14. The van der Waals surface area contributed by atoms with Gasteiger partial charge in [-0.2, -0.15) is 9.78 Å². The minimum Gasteiger partial charge on any atom is -0.493 e. The van der Waals surface area contributed by atoms with Crippen LogP contribution in [0.2, 0.25) is 0 Å². The van der Waals surface area contributed by atoms with Crippen LogP contribution in [0.1, 0.15) is 12.5 Å². The summed E-state index contributed by atoms with van der Waals surface area (Å²) in [5.74, 6) is -0.0320. The number of rotatable bonds is 7. The summed E-state index contributed by atoms with van der Waals surface area (Å²) >= 11 is 0. The highest BCUT2D eigenvalue weighted by Crippen LogP contribution is 2.28. The molecule has 33 heavy (non-hydrogen) atoms. The fourth-order valence-corrected chi connectivity index (χ4v) is 3.23. The largest absolute Gasteiger partial charge is 0.493 e. The van der Waals surface area contributed by atoms with Gasteiger partial charge in [0.25, 0.3) is 5.56 Å². The maximum absolute atomic E-state index is 13.2. The molecule has 0 amide bonds. The Morgan fingerprint density at radius 1 is 1.06 bits per heavy atom. The number of methoxy groups -OCH3 is 1.